The predicted octanol–water partition coefficient (Wildman–Crippen LogP) is 1.90. The van der Waals surface area contributed by atoms with E-state index in [9.17, 15) is 0 Å². The lowest BCUT2D eigenvalue weighted by Gasteiger charge is -1.96. The highest BCUT2D eigenvalue weighted by atomic mass is 35.5. The van der Waals surface area contributed by atoms with Gasteiger partial charge in [0.1, 0.15) is 0 Å². The second kappa shape index (κ2) is 2.64. The zero-order chi connectivity index (χ0) is 7.56. The lowest BCUT2D eigenvalue weighted by Crippen LogP contribution is -1.86. The number of hydrogen-bond donors (Lipinski definition) is 1. The van der Waals surface area contributed by atoms with Crippen LogP contribution in [-0.4, -0.2) is 0 Å². The summed E-state index contributed by atoms with van der Waals surface area (Å²) in [6, 6.07) is 5.10. The molecule has 0 saturated heterocycles. The SMILES string of the molecule is C#Cc1ccc(Cl)c(N)c1. The summed E-state index contributed by atoms with van der Waals surface area (Å²) in [5.74, 6) is 2.46. The minimum Gasteiger partial charge on any atom is -0.397 e. The van der Waals surface area contributed by atoms with Crippen molar-refractivity contribution in [2.75, 3.05) is 5.73 Å². The molecule has 0 amide bonds. The fraction of sp³-hybridized carbons (Fsp3) is 0. The molecule has 10 heavy (non-hydrogen) atoms. The molecule has 50 valence electrons. The normalized spacial score (nSPS) is 8.80. The molecule has 0 heterocycles. The van der Waals surface area contributed by atoms with E-state index in [2.05, 4.69) is 5.92 Å². The van der Waals surface area contributed by atoms with Crippen LogP contribution in [0.25, 0.3) is 0 Å². The van der Waals surface area contributed by atoms with Crippen molar-refractivity contribution in [3.05, 3.63) is 28.8 Å². The second-order valence-electron chi connectivity index (χ2n) is 1.88. The molecule has 2 N–H and O–H groups in total. The maximum Gasteiger partial charge on any atom is 0.0636 e. The number of halogens is 1. The molecule has 0 spiro atoms. The van der Waals surface area contributed by atoms with E-state index in [1.807, 2.05) is 0 Å². The summed E-state index contributed by atoms with van der Waals surface area (Å²) in [5.41, 5.74) is 6.75. The molecule has 0 aliphatic rings. The van der Waals surface area contributed by atoms with E-state index in [0.717, 1.165) is 5.56 Å². The van der Waals surface area contributed by atoms with E-state index < -0.39 is 0 Å². The van der Waals surface area contributed by atoms with Gasteiger partial charge in [0, 0.05) is 5.56 Å². The van der Waals surface area contributed by atoms with E-state index >= 15 is 0 Å². The van der Waals surface area contributed by atoms with Gasteiger partial charge in [-0.25, -0.2) is 0 Å². The molecule has 0 aliphatic carbocycles. The van der Waals surface area contributed by atoms with Crippen molar-refractivity contribution < 1.29 is 0 Å². The summed E-state index contributed by atoms with van der Waals surface area (Å²) in [6.45, 7) is 0. The average Bonchev–Trinajstić information content (AvgIpc) is 1.95. The van der Waals surface area contributed by atoms with Crippen LogP contribution in [0.4, 0.5) is 5.69 Å². The van der Waals surface area contributed by atoms with Crippen molar-refractivity contribution in [3.8, 4) is 12.3 Å². The van der Waals surface area contributed by atoms with Crippen molar-refractivity contribution in [2.45, 2.75) is 0 Å². The van der Waals surface area contributed by atoms with Crippen LogP contribution in [0.1, 0.15) is 5.56 Å². The monoisotopic (exact) mass is 151 g/mol. The molecule has 0 aliphatic heterocycles. The highest BCUT2D eigenvalue weighted by Gasteiger charge is 1.93. The van der Waals surface area contributed by atoms with Crippen molar-refractivity contribution in [3.63, 3.8) is 0 Å². The molecule has 0 fully saturated rings. The van der Waals surface area contributed by atoms with Crippen molar-refractivity contribution in [2.24, 2.45) is 0 Å². The molecule has 1 aromatic rings. The van der Waals surface area contributed by atoms with Crippen LogP contribution in [0.2, 0.25) is 5.02 Å². The summed E-state index contributed by atoms with van der Waals surface area (Å²) in [6.07, 6.45) is 5.12. The molecule has 0 aromatic heterocycles. The molecule has 0 radical (unpaired) electrons. The van der Waals surface area contributed by atoms with Gasteiger partial charge in [-0.2, -0.15) is 0 Å². The van der Waals surface area contributed by atoms with Crippen LogP contribution in [0.5, 0.6) is 0 Å². The van der Waals surface area contributed by atoms with Crippen LogP contribution in [0.15, 0.2) is 18.2 Å². The Bertz CT molecular complexity index is 286. The Labute approximate surface area is 64.8 Å². The first kappa shape index (κ1) is 6.98. The van der Waals surface area contributed by atoms with Gasteiger partial charge in [-0.1, -0.05) is 17.5 Å². The lowest BCUT2D eigenvalue weighted by molar-refractivity contribution is 1.63. The maximum atomic E-state index is 5.64. The Balaban J connectivity index is 3.20. The van der Waals surface area contributed by atoms with Crippen LogP contribution in [-0.2, 0) is 0 Å². The van der Waals surface area contributed by atoms with Crippen LogP contribution in [0.3, 0.4) is 0 Å². The van der Waals surface area contributed by atoms with Crippen molar-refractivity contribution in [1.82, 2.24) is 0 Å². The topological polar surface area (TPSA) is 26.0 Å². The number of nitrogen functional groups attached to an aromatic ring is 1. The highest BCUT2D eigenvalue weighted by Crippen LogP contribution is 2.18. The molecule has 2 heteroatoms. The first-order valence-corrected chi connectivity index (χ1v) is 3.13. The van der Waals surface area contributed by atoms with Gasteiger partial charge >= 0.3 is 0 Å². The first-order valence-electron chi connectivity index (χ1n) is 2.75. The largest absolute Gasteiger partial charge is 0.397 e. The van der Waals surface area contributed by atoms with E-state index in [-0.39, 0.29) is 0 Å². The molecule has 1 aromatic carbocycles. The Hall–Kier alpha value is -1.13. The van der Waals surface area contributed by atoms with Crippen LogP contribution >= 0.6 is 11.6 Å². The van der Waals surface area contributed by atoms with Gasteiger partial charge in [0.15, 0.2) is 0 Å². The summed E-state index contributed by atoms with van der Waals surface area (Å²) in [4.78, 5) is 0. The fourth-order valence-electron chi connectivity index (χ4n) is 0.634. The Morgan fingerprint density at radius 1 is 1.50 bits per heavy atom. The van der Waals surface area contributed by atoms with Crippen LogP contribution < -0.4 is 5.73 Å². The Morgan fingerprint density at radius 2 is 2.20 bits per heavy atom. The third-order valence-electron chi connectivity index (χ3n) is 1.16. The maximum absolute atomic E-state index is 5.64. The van der Waals surface area contributed by atoms with E-state index in [0.29, 0.717) is 10.7 Å². The number of rotatable bonds is 0. The van der Waals surface area contributed by atoms with Gasteiger partial charge in [0.2, 0.25) is 0 Å². The molecule has 1 rings (SSSR count). The second-order valence-corrected chi connectivity index (χ2v) is 2.29. The summed E-state index contributed by atoms with van der Waals surface area (Å²) < 4.78 is 0. The van der Waals surface area contributed by atoms with Crippen molar-refractivity contribution >= 4 is 17.3 Å². The quantitative estimate of drug-likeness (QED) is 0.445. The number of hydrogen-bond acceptors (Lipinski definition) is 1. The molecular formula is C8H6ClN. The lowest BCUT2D eigenvalue weighted by atomic mass is 10.2. The third-order valence-corrected chi connectivity index (χ3v) is 1.51. The fourth-order valence-corrected chi connectivity index (χ4v) is 0.751. The number of anilines is 1. The molecule has 0 saturated carbocycles. The molecule has 0 unspecified atom stereocenters. The van der Waals surface area contributed by atoms with Gasteiger partial charge in [-0.3, -0.25) is 0 Å². The molecule has 1 nitrogen and oxygen atoms in total. The number of nitrogens with two attached hydrogens (primary N) is 1. The third kappa shape index (κ3) is 1.23. The Kier molecular flexibility index (Phi) is 1.84. The Morgan fingerprint density at radius 3 is 2.70 bits per heavy atom. The zero-order valence-electron chi connectivity index (χ0n) is 5.26. The van der Waals surface area contributed by atoms with E-state index in [1.54, 1.807) is 18.2 Å². The predicted molar refractivity (Wildman–Crippen MR) is 43.8 cm³/mol. The number of terminal acetylenes is 1. The number of benzene rings is 1. The van der Waals surface area contributed by atoms with Gasteiger partial charge in [0.05, 0.1) is 10.7 Å². The smallest absolute Gasteiger partial charge is 0.0636 e. The minimum absolute atomic E-state index is 0.525. The van der Waals surface area contributed by atoms with Gasteiger partial charge in [-0.15, -0.1) is 6.42 Å². The average molecular weight is 152 g/mol. The van der Waals surface area contributed by atoms with E-state index in [4.69, 9.17) is 23.8 Å². The standard InChI is InChI=1S/C8H6ClN/c1-2-6-3-4-7(9)8(10)5-6/h1,3-5H,10H2. The van der Waals surface area contributed by atoms with Gasteiger partial charge < -0.3 is 5.73 Å². The van der Waals surface area contributed by atoms with E-state index in [1.165, 1.54) is 0 Å². The van der Waals surface area contributed by atoms with Gasteiger partial charge in [-0.05, 0) is 18.2 Å². The van der Waals surface area contributed by atoms with Crippen molar-refractivity contribution in [1.29, 1.82) is 0 Å². The first-order chi connectivity index (χ1) is 4.74. The molecule has 0 bridgehead atoms. The van der Waals surface area contributed by atoms with Gasteiger partial charge in [0.25, 0.3) is 0 Å². The highest BCUT2D eigenvalue weighted by molar-refractivity contribution is 6.33. The zero-order valence-corrected chi connectivity index (χ0v) is 6.02. The molecular weight excluding hydrogens is 146 g/mol. The van der Waals surface area contributed by atoms with Crippen LogP contribution in [0, 0.1) is 12.3 Å². The summed E-state index contributed by atoms with van der Waals surface area (Å²) in [5, 5.41) is 0.541. The molecule has 0 atom stereocenters. The minimum atomic E-state index is 0.525. The summed E-state index contributed by atoms with van der Waals surface area (Å²) >= 11 is 5.64. The summed E-state index contributed by atoms with van der Waals surface area (Å²) in [7, 11) is 0.